The molecule has 1 fully saturated rings. The molecule has 0 saturated carbocycles. The van der Waals surface area contributed by atoms with E-state index in [1.165, 1.54) is 0 Å². The minimum Gasteiger partial charge on any atom is -0.470 e. The molecular formula is C16H21N5O3. The first kappa shape index (κ1) is 16.2. The van der Waals surface area contributed by atoms with Crippen molar-refractivity contribution in [2.24, 2.45) is 0 Å². The molecule has 2 aromatic heterocycles. The highest BCUT2D eigenvalue weighted by atomic mass is 16.5. The molecule has 3 heterocycles. The summed E-state index contributed by atoms with van der Waals surface area (Å²) in [5.41, 5.74) is 0.335. The number of nitrogens with zero attached hydrogens (tertiary/aromatic N) is 5. The first-order valence-corrected chi connectivity index (χ1v) is 7.92. The maximum atomic E-state index is 12.5. The van der Waals surface area contributed by atoms with Crippen LogP contribution in [0.1, 0.15) is 29.1 Å². The zero-order chi connectivity index (χ0) is 17.1. The summed E-state index contributed by atoms with van der Waals surface area (Å²) in [6.45, 7) is 2.95. The van der Waals surface area contributed by atoms with Crippen LogP contribution in [0.4, 0.5) is 5.82 Å². The molecule has 1 saturated heterocycles. The molecule has 0 aliphatic carbocycles. The third-order valence-electron chi connectivity index (χ3n) is 3.86. The third-order valence-corrected chi connectivity index (χ3v) is 3.86. The number of rotatable bonds is 4. The molecule has 0 radical (unpaired) electrons. The van der Waals surface area contributed by atoms with E-state index < -0.39 is 0 Å². The van der Waals surface area contributed by atoms with Crippen molar-refractivity contribution >= 4 is 11.7 Å². The molecule has 1 aliphatic heterocycles. The number of hydrogen-bond donors (Lipinski definition) is 0. The fourth-order valence-corrected chi connectivity index (χ4v) is 2.71. The summed E-state index contributed by atoms with van der Waals surface area (Å²) in [6, 6.07) is 1.65. The normalized spacial score (nSPS) is 17.6. The van der Waals surface area contributed by atoms with E-state index in [4.69, 9.17) is 9.26 Å². The molecule has 1 atom stereocenters. The van der Waals surface area contributed by atoms with E-state index in [1.54, 1.807) is 30.3 Å². The van der Waals surface area contributed by atoms with Gasteiger partial charge in [-0.15, -0.1) is 0 Å². The van der Waals surface area contributed by atoms with E-state index in [1.807, 2.05) is 19.0 Å². The van der Waals surface area contributed by atoms with Crippen molar-refractivity contribution in [1.82, 2.24) is 20.0 Å². The number of piperidine rings is 1. The van der Waals surface area contributed by atoms with Crippen LogP contribution in [0.3, 0.4) is 0 Å². The number of carbonyl (C=O) groups is 1. The Morgan fingerprint density at radius 1 is 1.38 bits per heavy atom. The molecule has 8 nitrogen and oxygen atoms in total. The van der Waals surface area contributed by atoms with Crippen molar-refractivity contribution in [3.63, 3.8) is 0 Å². The lowest BCUT2D eigenvalue weighted by Crippen LogP contribution is -2.44. The van der Waals surface area contributed by atoms with Crippen LogP contribution in [-0.4, -0.2) is 59.2 Å². The van der Waals surface area contributed by atoms with Crippen LogP contribution >= 0.6 is 0 Å². The molecular weight excluding hydrogens is 310 g/mol. The predicted molar refractivity (Wildman–Crippen MR) is 87.2 cm³/mol. The monoisotopic (exact) mass is 331 g/mol. The average molecular weight is 331 g/mol. The molecule has 8 heteroatoms. The van der Waals surface area contributed by atoms with Crippen LogP contribution < -0.4 is 9.64 Å². The van der Waals surface area contributed by atoms with Gasteiger partial charge in [0, 0.05) is 39.1 Å². The van der Waals surface area contributed by atoms with Crippen molar-refractivity contribution in [1.29, 1.82) is 0 Å². The summed E-state index contributed by atoms with van der Waals surface area (Å²) in [5.74, 6) is 1.65. The largest absolute Gasteiger partial charge is 0.470 e. The lowest BCUT2D eigenvalue weighted by Gasteiger charge is -2.32. The van der Waals surface area contributed by atoms with E-state index >= 15 is 0 Å². The highest BCUT2D eigenvalue weighted by Crippen LogP contribution is 2.24. The molecule has 1 aliphatic rings. The summed E-state index contributed by atoms with van der Waals surface area (Å²) in [4.78, 5) is 24.7. The quantitative estimate of drug-likeness (QED) is 0.840. The maximum absolute atomic E-state index is 12.5. The molecule has 128 valence electrons. The van der Waals surface area contributed by atoms with E-state index in [0.717, 1.165) is 12.8 Å². The van der Waals surface area contributed by atoms with Gasteiger partial charge < -0.3 is 19.1 Å². The molecule has 0 N–H and O–H groups in total. The van der Waals surface area contributed by atoms with Crippen LogP contribution in [0.2, 0.25) is 0 Å². The van der Waals surface area contributed by atoms with Gasteiger partial charge in [0.2, 0.25) is 0 Å². The van der Waals surface area contributed by atoms with Crippen molar-refractivity contribution in [2.75, 3.05) is 32.1 Å². The SMILES string of the molecule is Cc1cc(C(=O)N2CCC[C@H](Oc3nccnc3N(C)C)C2)no1. The van der Waals surface area contributed by atoms with Crippen LogP contribution in [0.25, 0.3) is 0 Å². The van der Waals surface area contributed by atoms with Gasteiger partial charge in [-0.05, 0) is 19.8 Å². The number of amides is 1. The van der Waals surface area contributed by atoms with Crippen LogP contribution in [0, 0.1) is 6.92 Å². The van der Waals surface area contributed by atoms with E-state index in [-0.39, 0.29) is 12.0 Å². The highest BCUT2D eigenvalue weighted by Gasteiger charge is 2.28. The molecule has 0 aromatic carbocycles. The van der Waals surface area contributed by atoms with E-state index in [9.17, 15) is 4.79 Å². The fraction of sp³-hybridized carbons (Fsp3) is 0.500. The standard InChI is InChI=1S/C16H21N5O3/c1-11-9-13(19-24-11)16(22)21-8-4-5-12(10-21)23-15-14(20(2)3)17-6-7-18-15/h6-7,9,12H,4-5,8,10H2,1-3H3/t12-/m0/s1. The number of aryl methyl sites for hydroxylation is 1. The van der Waals surface area contributed by atoms with Crippen LogP contribution in [0.15, 0.2) is 23.0 Å². The number of aromatic nitrogens is 3. The molecule has 0 unspecified atom stereocenters. The Hall–Kier alpha value is -2.64. The second-order valence-electron chi connectivity index (χ2n) is 6.04. The number of ether oxygens (including phenoxy) is 1. The maximum Gasteiger partial charge on any atom is 0.276 e. The third kappa shape index (κ3) is 3.47. The smallest absolute Gasteiger partial charge is 0.276 e. The summed E-state index contributed by atoms with van der Waals surface area (Å²) >= 11 is 0. The number of carbonyl (C=O) groups excluding carboxylic acids is 1. The van der Waals surface area contributed by atoms with Crippen LogP contribution in [0.5, 0.6) is 5.88 Å². The molecule has 3 rings (SSSR count). The van der Waals surface area contributed by atoms with Gasteiger partial charge in [0.15, 0.2) is 11.5 Å². The van der Waals surface area contributed by atoms with Gasteiger partial charge >= 0.3 is 0 Å². The second kappa shape index (κ2) is 6.86. The second-order valence-corrected chi connectivity index (χ2v) is 6.04. The van der Waals surface area contributed by atoms with Crippen molar-refractivity contribution in [3.8, 4) is 5.88 Å². The zero-order valence-corrected chi connectivity index (χ0v) is 14.1. The Bertz CT molecular complexity index is 715. The number of anilines is 1. The van der Waals surface area contributed by atoms with Gasteiger partial charge in [0.25, 0.3) is 11.8 Å². The Morgan fingerprint density at radius 2 is 2.17 bits per heavy atom. The first-order valence-electron chi connectivity index (χ1n) is 7.92. The summed E-state index contributed by atoms with van der Waals surface area (Å²) < 4.78 is 11.0. The summed E-state index contributed by atoms with van der Waals surface area (Å²) in [7, 11) is 3.78. The lowest BCUT2D eigenvalue weighted by atomic mass is 10.1. The molecule has 0 bridgehead atoms. The van der Waals surface area contributed by atoms with Gasteiger partial charge in [0.1, 0.15) is 11.9 Å². The number of likely N-dealkylation sites (tertiary alicyclic amines) is 1. The molecule has 2 aromatic rings. The average Bonchev–Trinajstić information content (AvgIpc) is 3.01. The zero-order valence-electron chi connectivity index (χ0n) is 14.1. The predicted octanol–water partition coefficient (Wildman–Crippen LogP) is 1.52. The molecule has 1 amide bonds. The highest BCUT2D eigenvalue weighted by molar-refractivity contribution is 5.92. The van der Waals surface area contributed by atoms with Gasteiger partial charge in [-0.1, -0.05) is 5.16 Å². The van der Waals surface area contributed by atoms with Crippen molar-refractivity contribution < 1.29 is 14.1 Å². The van der Waals surface area contributed by atoms with E-state index in [2.05, 4.69) is 15.1 Å². The Morgan fingerprint density at radius 3 is 2.88 bits per heavy atom. The molecule has 24 heavy (non-hydrogen) atoms. The first-order chi connectivity index (χ1) is 11.5. The Kier molecular flexibility index (Phi) is 4.64. The fourth-order valence-electron chi connectivity index (χ4n) is 2.71. The van der Waals surface area contributed by atoms with Gasteiger partial charge in [-0.3, -0.25) is 4.79 Å². The van der Waals surface area contributed by atoms with Gasteiger partial charge in [0.05, 0.1) is 6.54 Å². The van der Waals surface area contributed by atoms with E-state index in [0.29, 0.717) is 36.2 Å². The molecule has 0 spiro atoms. The minimum absolute atomic E-state index is 0.119. The Labute approximate surface area is 140 Å². The van der Waals surface area contributed by atoms with Gasteiger partial charge in [-0.25, -0.2) is 9.97 Å². The topological polar surface area (TPSA) is 84.6 Å². The Balaban J connectivity index is 1.69. The summed E-state index contributed by atoms with van der Waals surface area (Å²) in [5, 5.41) is 3.80. The van der Waals surface area contributed by atoms with Crippen LogP contribution in [-0.2, 0) is 0 Å². The van der Waals surface area contributed by atoms with Gasteiger partial charge in [-0.2, -0.15) is 0 Å². The minimum atomic E-state index is -0.132. The summed E-state index contributed by atoms with van der Waals surface area (Å²) in [6.07, 6.45) is 4.85. The number of hydrogen-bond acceptors (Lipinski definition) is 7. The lowest BCUT2D eigenvalue weighted by molar-refractivity contribution is 0.0519. The van der Waals surface area contributed by atoms with Crippen molar-refractivity contribution in [2.45, 2.75) is 25.9 Å². The van der Waals surface area contributed by atoms with Crippen molar-refractivity contribution in [3.05, 3.63) is 29.9 Å².